The second kappa shape index (κ2) is 7.44. The Kier molecular flexibility index (Phi) is 4.87. The first-order valence-corrected chi connectivity index (χ1v) is 11.4. The molecule has 1 atom stereocenters. The Hall–Kier alpha value is -2.30. The molecule has 1 heterocycles. The third kappa shape index (κ3) is 3.52. The first-order chi connectivity index (χ1) is 14.4. The molecule has 1 unspecified atom stereocenters. The van der Waals surface area contributed by atoms with Gasteiger partial charge in [-0.3, -0.25) is 4.79 Å². The summed E-state index contributed by atoms with van der Waals surface area (Å²) >= 11 is 0. The predicted molar refractivity (Wildman–Crippen MR) is 114 cm³/mol. The van der Waals surface area contributed by atoms with Crippen molar-refractivity contribution in [2.75, 3.05) is 0 Å². The van der Waals surface area contributed by atoms with Gasteiger partial charge in [0.1, 0.15) is 18.1 Å². The van der Waals surface area contributed by atoms with Gasteiger partial charge < -0.3 is 14.6 Å². The molecule has 1 aromatic carbocycles. The summed E-state index contributed by atoms with van der Waals surface area (Å²) in [5.74, 6) is 4.22. The third-order valence-electron chi connectivity index (χ3n) is 8.03. The van der Waals surface area contributed by atoms with E-state index in [1.54, 1.807) is 0 Å². The van der Waals surface area contributed by atoms with Crippen molar-refractivity contribution in [3.05, 3.63) is 46.8 Å². The number of ether oxygens (including phenoxy) is 1. The van der Waals surface area contributed by atoms with Crippen LogP contribution < -0.4 is 10.1 Å². The lowest BCUT2D eigenvalue weighted by Gasteiger charge is -2.59. The van der Waals surface area contributed by atoms with Gasteiger partial charge in [0.05, 0.1) is 11.3 Å². The van der Waals surface area contributed by atoms with Crippen LogP contribution in [0, 0.1) is 37.0 Å². The summed E-state index contributed by atoms with van der Waals surface area (Å²) in [5.41, 5.74) is 2.83. The Morgan fingerprint density at radius 3 is 2.27 bits per heavy atom. The van der Waals surface area contributed by atoms with E-state index in [-0.39, 0.29) is 11.9 Å². The van der Waals surface area contributed by atoms with Crippen LogP contribution in [-0.2, 0) is 6.61 Å². The Labute approximate surface area is 178 Å². The minimum absolute atomic E-state index is 0.0236. The van der Waals surface area contributed by atoms with E-state index in [0.717, 1.165) is 40.5 Å². The fourth-order valence-electron chi connectivity index (χ4n) is 6.71. The Morgan fingerprint density at radius 1 is 1.13 bits per heavy atom. The van der Waals surface area contributed by atoms with Crippen molar-refractivity contribution >= 4 is 5.91 Å². The maximum Gasteiger partial charge on any atom is 0.251 e. The molecule has 4 bridgehead atoms. The molecule has 0 radical (unpaired) electrons. The second-order valence-corrected chi connectivity index (χ2v) is 10.1. The normalized spacial score (nSPS) is 30.3. The van der Waals surface area contributed by atoms with Gasteiger partial charge in [-0.2, -0.15) is 0 Å². The quantitative estimate of drug-likeness (QED) is 0.713. The summed E-state index contributed by atoms with van der Waals surface area (Å²) in [6.45, 7) is 6.44. The molecule has 1 amide bonds. The van der Waals surface area contributed by atoms with Crippen molar-refractivity contribution in [3.8, 4) is 5.75 Å². The molecule has 0 spiro atoms. The molecule has 160 valence electrons. The zero-order valence-corrected chi connectivity index (χ0v) is 18.2. The summed E-state index contributed by atoms with van der Waals surface area (Å²) in [6, 6.07) is 7.66. The van der Waals surface area contributed by atoms with Gasteiger partial charge >= 0.3 is 0 Å². The number of carbonyl (C=O) groups is 1. The van der Waals surface area contributed by atoms with Gasteiger partial charge in [-0.15, -0.1) is 0 Å². The van der Waals surface area contributed by atoms with E-state index < -0.39 is 0 Å². The molecule has 5 heteroatoms. The van der Waals surface area contributed by atoms with Crippen molar-refractivity contribution in [1.82, 2.24) is 10.5 Å². The van der Waals surface area contributed by atoms with E-state index in [1.807, 2.05) is 38.1 Å². The number of amides is 1. The summed E-state index contributed by atoms with van der Waals surface area (Å²) in [5, 5.41) is 7.29. The molecule has 0 saturated heterocycles. The van der Waals surface area contributed by atoms with Crippen LogP contribution in [0.25, 0.3) is 0 Å². The smallest absolute Gasteiger partial charge is 0.251 e. The number of hydrogen-bond acceptors (Lipinski definition) is 4. The molecule has 4 aliphatic rings. The minimum atomic E-state index is 0.0236. The Bertz CT molecular complexity index is 876. The van der Waals surface area contributed by atoms with Crippen molar-refractivity contribution in [2.24, 2.45) is 23.2 Å². The highest BCUT2D eigenvalue weighted by Crippen LogP contribution is 2.61. The SMILES string of the molecule is Cc1noc(C)c1COc1ccc(C(=O)NC(C)C23CC4CC(CC(C4)C2)C3)cc1. The molecule has 30 heavy (non-hydrogen) atoms. The molecule has 1 aromatic heterocycles. The van der Waals surface area contributed by atoms with Crippen LogP contribution in [0.4, 0.5) is 0 Å². The average Bonchev–Trinajstić information content (AvgIpc) is 3.03. The van der Waals surface area contributed by atoms with E-state index in [1.165, 1.54) is 38.5 Å². The van der Waals surface area contributed by atoms with Gasteiger partial charge in [0.25, 0.3) is 5.91 Å². The highest BCUT2D eigenvalue weighted by molar-refractivity contribution is 5.94. The number of hydrogen-bond donors (Lipinski definition) is 1. The number of benzene rings is 1. The van der Waals surface area contributed by atoms with Crippen LogP contribution in [-0.4, -0.2) is 17.1 Å². The molecule has 5 nitrogen and oxygen atoms in total. The first kappa shape index (κ1) is 19.7. The van der Waals surface area contributed by atoms with Gasteiger partial charge in [0, 0.05) is 11.6 Å². The molecular formula is C25H32N2O3. The van der Waals surface area contributed by atoms with E-state index >= 15 is 0 Å². The fraction of sp³-hybridized carbons (Fsp3) is 0.600. The Balaban J connectivity index is 1.20. The average molecular weight is 409 g/mol. The number of aromatic nitrogens is 1. The summed E-state index contributed by atoms with van der Waals surface area (Å²) in [7, 11) is 0. The first-order valence-electron chi connectivity index (χ1n) is 11.4. The summed E-state index contributed by atoms with van der Waals surface area (Å²) in [6.07, 6.45) is 8.18. The van der Waals surface area contributed by atoms with E-state index in [4.69, 9.17) is 9.26 Å². The lowest BCUT2D eigenvalue weighted by molar-refractivity contribution is -0.0688. The zero-order chi connectivity index (χ0) is 20.9. The maximum absolute atomic E-state index is 12.9. The lowest BCUT2D eigenvalue weighted by atomic mass is 9.48. The molecule has 4 fully saturated rings. The number of aryl methyl sites for hydroxylation is 2. The number of carbonyl (C=O) groups excluding carboxylic acids is 1. The van der Waals surface area contributed by atoms with Gasteiger partial charge in [-0.25, -0.2) is 0 Å². The fourth-order valence-corrected chi connectivity index (χ4v) is 6.71. The van der Waals surface area contributed by atoms with Gasteiger partial charge in [-0.1, -0.05) is 5.16 Å². The highest BCUT2D eigenvalue weighted by atomic mass is 16.5. The maximum atomic E-state index is 12.9. The number of nitrogens with one attached hydrogen (secondary N) is 1. The van der Waals surface area contributed by atoms with Crippen LogP contribution in [0.5, 0.6) is 5.75 Å². The van der Waals surface area contributed by atoms with Crippen LogP contribution in [0.2, 0.25) is 0 Å². The van der Waals surface area contributed by atoms with Gasteiger partial charge in [0.15, 0.2) is 0 Å². The predicted octanol–water partition coefficient (Wildman–Crippen LogP) is 5.21. The minimum Gasteiger partial charge on any atom is -0.489 e. The summed E-state index contributed by atoms with van der Waals surface area (Å²) in [4.78, 5) is 12.9. The summed E-state index contributed by atoms with van der Waals surface area (Å²) < 4.78 is 11.0. The molecule has 1 N–H and O–H groups in total. The number of nitrogens with zero attached hydrogens (tertiary/aromatic N) is 1. The second-order valence-electron chi connectivity index (χ2n) is 10.1. The van der Waals surface area contributed by atoms with E-state index in [2.05, 4.69) is 17.4 Å². The topological polar surface area (TPSA) is 64.4 Å². The molecular weight excluding hydrogens is 376 g/mol. The number of rotatable bonds is 6. The Morgan fingerprint density at radius 2 is 1.73 bits per heavy atom. The van der Waals surface area contributed by atoms with Crippen molar-refractivity contribution in [3.63, 3.8) is 0 Å². The van der Waals surface area contributed by atoms with Crippen LogP contribution in [0.15, 0.2) is 28.8 Å². The molecule has 0 aliphatic heterocycles. The van der Waals surface area contributed by atoms with Gasteiger partial charge in [-0.05, 0) is 107 Å². The monoisotopic (exact) mass is 408 g/mol. The van der Waals surface area contributed by atoms with Crippen LogP contribution >= 0.6 is 0 Å². The highest BCUT2D eigenvalue weighted by Gasteiger charge is 2.53. The zero-order valence-electron chi connectivity index (χ0n) is 18.2. The third-order valence-corrected chi connectivity index (χ3v) is 8.03. The molecule has 4 aliphatic carbocycles. The molecule has 6 rings (SSSR count). The molecule has 2 aromatic rings. The van der Waals surface area contributed by atoms with E-state index in [0.29, 0.717) is 17.6 Å². The lowest BCUT2D eigenvalue weighted by Crippen LogP contribution is -2.55. The standard InChI is InChI=1S/C25H32N2O3/c1-15-23(16(2)30-27-15)14-29-22-6-4-21(5-7-22)24(28)26-17(3)25-11-18-8-19(12-25)10-20(9-18)13-25/h4-7,17-20H,8-14H2,1-3H3,(H,26,28). The van der Waals surface area contributed by atoms with Crippen molar-refractivity contribution < 1.29 is 14.1 Å². The van der Waals surface area contributed by atoms with Crippen LogP contribution in [0.3, 0.4) is 0 Å². The van der Waals surface area contributed by atoms with E-state index in [9.17, 15) is 4.79 Å². The van der Waals surface area contributed by atoms with Crippen LogP contribution in [0.1, 0.15) is 72.8 Å². The van der Waals surface area contributed by atoms with Gasteiger partial charge in [0.2, 0.25) is 0 Å². The van der Waals surface area contributed by atoms with Crippen molar-refractivity contribution in [2.45, 2.75) is 71.9 Å². The van der Waals surface area contributed by atoms with Crippen molar-refractivity contribution in [1.29, 1.82) is 0 Å². The molecule has 4 saturated carbocycles. The largest absolute Gasteiger partial charge is 0.489 e.